The Morgan fingerprint density at radius 2 is 2.19 bits per heavy atom. The SMILES string of the molecule is COc1ccccc1NC(N)=NC1CC1C. The van der Waals surface area contributed by atoms with Gasteiger partial charge in [-0.1, -0.05) is 19.1 Å². The average Bonchev–Trinajstić information content (AvgIpc) is 2.94. The summed E-state index contributed by atoms with van der Waals surface area (Å²) in [6, 6.07) is 8.03. The zero-order valence-corrected chi connectivity index (χ0v) is 9.60. The van der Waals surface area contributed by atoms with E-state index in [1.165, 1.54) is 0 Å². The van der Waals surface area contributed by atoms with Crippen LogP contribution in [0.2, 0.25) is 0 Å². The number of para-hydroxylation sites is 2. The monoisotopic (exact) mass is 219 g/mol. The molecule has 0 radical (unpaired) electrons. The molecule has 1 aromatic rings. The summed E-state index contributed by atoms with van der Waals surface area (Å²) < 4.78 is 5.21. The number of nitrogens with two attached hydrogens (primary N) is 1. The lowest BCUT2D eigenvalue weighted by molar-refractivity contribution is 0.417. The van der Waals surface area contributed by atoms with Gasteiger partial charge in [0.1, 0.15) is 5.75 Å². The Bertz CT molecular complexity index is 403. The third kappa shape index (κ3) is 2.45. The van der Waals surface area contributed by atoms with E-state index in [-0.39, 0.29) is 0 Å². The van der Waals surface area contributed by atoms with Crippen molar-refractivity contribution in [1.29, 1.82) is 0 Å². The summed E-state index contributed by atoms with van der Waals surface area (Å²) in [6.45, 7) is 2.17. The average molecular weight is 219 g/mol. The largest absolute Gasteiger partial charge is 0.495 e. The first-order valence-electron chi connectivity index (χ1n) is 5.44. The van der Waals surface area contributed by atoms with E-state index in [1.807, 2.05) is 24.3 Å². The maximum atomic E-state index is 5.82. The normalized spacial score (nSPS) is 24.0. The summed E-state index contributed by atoms with van der Waals surface area (Å²) in [6.07, 6.45) is 1.13. The first-order valence-corrected chi connectivity index (χ1v) is 5.44. The van der Waals surface area contributed by atoms with Crippen LogP contribution in [0.15, 0.2) is 29.3 Å². The molecule has 0 spiro atoms. The van der Waals surface area contributed by atoms with Gasteiger partial charge in [-0.25, -0.2) is 4.99 Å². The van der Waals surface area contributed by atoms with Crippen molar-refractivity contribution in [1.82, 2.24) is 0 Å². The van der Waals surface area contributed by atoms with E-state index in [2.05, 4.69) is 17.2 Å². The highest BCUT2D eigenvalue weighted by atomic mass is 16.5. The predicted octanol–water partition coefficient (Wildman–Crippen LogP) is 1.83. The molecule has 16 heavy (non-hydrogen) atoms. The number of methoxy groups -OCH3 is 1. The lowest BCUT2D eigenvalue weighted by Gasteiger charge is -2.09. The van der Waals surface area contributed by atoms with Crippen LogP contribution in [-0.2, 0) is 0 Å². The molecule has 2 unspecified atom stereocenters. The van der Waals surface area contributed by atoms with Crippen LogP contribution in [0.4, 0.5) is 5.69 Å². The van der Waals surface area contributed by atoms with Crippen LogP contribution in [-0.4, -0.2) is 19.1 Å². The third-order valence-electron chi connectivity index (χ3n) is 2.74. The van der Waals surface area contributed by atoms with Crippen molar-refractivity contribution in [2.24, 2.45) is 16.6 Å². The molecule has 3 N–H and O–H groups in total. The minimum absolute atomic E-state index is 0.391. The quantitative estimate of drug-likeness (QED) is 0.602. The number of nitrogens with zero attached hydrogens (tertiary/aromatic N) is 1. The van der Waals surface area contributed by atoms with E-state index >= 15 is 0 Å². The van der Waals surface area contributed by atoms with Crippen molar-refractivity contribution in [3.8, 4) is 5.75 Å². The second-order valence-corrected chi connectivity index (χ2v) is 4.12. The van der Waals surface area contributed by atoms with Gasteiger partial charge in [0.15, 0.2) is 5.96 Å². The standard InChI is InChI=1S/C12H17N3O/c1-8-7-10(8)15-12(13)14-9-5-3-4-6-11(9)16-2/h3-6,8,10H,7H2,1-2H3,(H3,13,14,15). The molecule has 0 amide bonds. The van der Waals surface area contributed by atoms with Gasteiger partial charge in [-0.15, -0.1) is 0 Å². The van der Waals surface area contributed by atoms with Gasteiger partial charge in [-0.3, -0.25) is 0 Å². The van der Waals surface area contributed by atoms with Crippen molar-refractivity contribution >= 4 is 11.6 Å². The van der Waals surface area contributed by atoms with Gasteiger partial charge in [0.25, 0.3) is 0 Å². The minimum atomic E-state index is 0.391. The molecule has 2 rings (SSSR count). The first kappa shape index (κ1) is 10.8. The molecular weight excluding hydrogens is 202 g/mol. The highest BCUT2D eigenvalue weighted by Gasteiger charge is 2.32. The molecular formula is C12H17N3O. The van der Waals surface area contributed by atoms with E-state index in [4.69, 9.17) is 10.5 Å². The second kappa shape index (κ2) is 4.43. The Morgan fingerprint density at radius 3 is 2.81 bits per heavy atom. The number of anilines is 1. The van der Waals surface area contributed by atoms with E-state index in [0.29, 0.717) is 17.9 Å². The van der Waals surface area contributed by atoms with E-state index in [9.17, 15) is 0 Å². The molecule has 1 aliphatic rings. The fraction of sp³-hybridized carbons (Fsp3) is 0.417. The Labute approximate surface area is 95.5 Å². The summed E-state index contributed by atoms with van der Waals surface area (Å²) in [7, 11) is 1.64. The number of aliphatic imine (C=N–C) groups is 1. The predicted molar refractivity (Wildman–Crippen MR) is 65.8 cm³/mol. The molecule has 86 valence electrons. The summed E-state index contributed by atoms with van der Waals surface area (Å²) in [5.74, 6) is 1.89. The molecule has 0 saturated heterocycles. The topological polar surface area (TPSA) is 59.6 Å². The van der Waals surface area contributed by atoms with Gasteiger partial charge in [-0.2, -0.15) is 0 Å². The second-order valence-electron chi connectivity index (χ2n) is 4.12. The molecule has 0 bridgehead atoms. The molecule has 1 saturated carbocycles. The number of nitrogens with one attached hydrogen (secondary N) is 1. The van der Waals surface area contributed by atoms with Gasteiger partial charge in [0.2, 0.25) is 0 Å². The van der Waals surface area contributed by atoms with Gasteiger partial charge < -0.3 is 15.8 Å². The van der Waals surface area contributed by atoms with Crippen molar-refractivity contribution in [3.63, 3.8) is 0 Å². The first-order chi connectivity index (χ1) is 7.70. The highest BCUT2D eigenvalue weighted by Crippen LogP contribution is 2.32. The highest BCUT2D eigenvalue weighted by molar-refractivity contribution is 5.93. The fourth-order valence-electron chi connectivity index (χ4n) is 1.58. The summed E-state index contributed by atoms with van der Waals surface area (Å²) in [5, 5.41) is 3.06. The van der Waals surface area contributed by atoms with Crippen LogP contribution < -0.4 is 15.8 Å². The molecule has 4 nitrogen and oxygen atoms in total. The fourth-order valence-corrected chi connectivity index (χ4v) is 1.58. The number of ether oxygens (including phenoxy) is 1. The molecule has 0 heterocycles. The van der Waals surface area contributed by atoms with Crippen molar-refractivity contribution in [2.45, 2.75) is 19.4 Å². The van der Waals surface area contributed by atoms with Crippen molar-refractivity contribution < 1.29 is 4.74 Å². The zero-order chi connectivity index (χ0) is 11.5. The number of guanidine groups is 1. The van der Waals surface area contributed by atoms with E-state index < -0.39 is 0 Å². The van der Waals surface area contributed by atoms with Gasteiger partial charge in [0, 0.05) is 0 Å². The van der Waals surface area contributed by atoms with Crippen molar-refractivity contribution in [3.05, 3.63) is 24.3 Å². The van der Waals surface area contributed by atoms with Crippen molar-refractivity contribution in [2.75, 3.05) is 12.4 Å². The van der Waals surface area contributed by atoms with E-state index in [0.717, 1.165) is 17.9 Å². The Hall–Kier alpha value is -1.71. The summed E-state index contributed by atoms with van der Waals surface area (Å²) >= 11 is 0. The molecule has 1 aliphatic carbocycles. The van der Waals surface area contributed by atoms with Gasteiger partial charge >= 0.3 is 0 Å². The molecule has 2 atom stereocenters. The Morgan fingerprint density at radius 1 is 1.50 bits per heavy atom. The lowest BCUT2D eigenvalue weighted by atomic mass is 10.3. The molecule has 0 aromatic heterocycles. The lowest BCUT2D eigenvalue weighted by Crippen LogP contribution is -2.23. The smallest absolute Gasteiger partial charge is 0.193 e. The summed E-state index contributed by atoms with van der Waals surface area (Å²) in [4.78, 5) is 4.37. The summed E-state index contributed by atoms with van der Waals surface area (Å²) in [5.41, 5.74) is 6.66. The Kier molecular flexibility index (Phi) is 2.99. The van der Waals surface area contributed by atoms with Crippen LogP contribution in [0.5, 0.6) is 5.75 Å². The van der Waals surface area contributed by atoms with Crippen LogP contribution in [0.1, 0.15) is 13.3 Å². The molecule has 4 heteroatoms. The maximum absolute atomic E-state index is 5.82. The molecule has 0 aliphatic heterocycles. The Balaban J connectivity index is 2.05. The van der Waals surface area contributed by atoms with Crippen LogP contribution in [0, 0.1) is 5.92 Å². The number of rotatable bonds is 3. The minimum Gasteiger partial charge on any atom is -0.495 e. The number of hydrogen-bond acceptors (Lipinski definition) is 2. The van der Waals surface area contributed by atoms with Crippen LogP contribution >= 0.6 is 0 Å². The third-order valence-corrected chi connectivity index (χ3v) is 2.74. The maximum Gasteiger partial charge on any atom is 0.193 e. The van der Waals surface area contributed by atoms with Gasteiger partial charge in [0.05, 0.1) is 18.8 Å². The zero-order valence-electron chi connectivity index (χ0n) is 9.60. The molecule has 1 aromatic carbocycles. The van der Waals surface area contributed by atoms with Crippen LogP contribution in [0.3, 0.4) is 0 Å². The number of benzene rings is 1. The van der Waals surface area contributed by atoms with E-state index in [1.54, 1.807) is 7.11 Å². The van der Waals surface area contributed by atoms with Gasteiger partial charge in [-0.05, 0) is 24.5 Å². The number of hydrogen-bond donors (Lipinski definition) is 2. The van der Waals surface area contributed by atoms with Crippen LogP contribution in [0.25, 0.3) is 0 Å². The molecule has 1 fully saturated rings.